The smallest absolute Gasteiger partial charge is 0.244 e. The van der Waals surface area contributed by atoms with E-state index in [-0.39, 0.29) is 12.1 Å². The zero-order chi connectivity index (χ0) is 13.4. The summed E-state index contributed by atoms with van der Waals surface area (Å²) in [6.07, 6.45) is 0.947. The van der Waals surface area contributed by atoms with Crippen LogP contribution in [0.1, 0.15) is 28.9 Å². The Labute approximate surface area is 120 Å². The summed E-state index contributed by atoms with van der Waals surface area (Å²) in [5.41, 5.74) is 1.24. The normalized spacial score (nSPS) is 21.2. The van der Waals surface area contributed by atoms with Gasteiger partial charge in [-0.25, -0.2) is 4.68 Å². The Balaban J connectivity index is 1.75. The number of anilines is 1. The van der Waals surface area contributed by atoms with E-state index in [0.29, 0.717) is 0 Å². The van der Waals surface area contributed by atoms with E-state index in [4.69, 9.17) is 0 Å². The Morgan fingerprint density at radius 3 is 2.85 bits per heavy atom. The molecule has 5 nitrogen and oxygen atoms in total. The van der Waals surface area contributed by atoms with Crippen LogP contribution in [0.15, 0.2) is 47.8 Å². The molecule has 4 rings (SSSR count). The van der Waals surface area contributed by atoms with Gasteiger partial charge >= 0.3 is 0 Å². The quantitative estimate of drug-likeness (QED) is 0.785. The molecule has 0 fully saturated rings. The maximum absolute atomic E-state index is 4.13. The van der Waals surface area contributed by atoms with Crippen LogP contribution in [0.4, 0.5) is 5.95 Å². The standard InChI is InChI=1S/C14H13N5S/c1-2-5-10(6-3-1)12-9-11(13-7-4-8-20-13)15-14-16-17-18-19(12)14/h1-8,11-12H,9H2,(H,15,16,18)/t11-,12-/m1/s1. The number of nitrogens with zero attached hydrogens (tertiary/aromatic N) is 4. The Kier molecular flexibility index (Phi) is 2.74. The van der Waals surface area contributed by atoms with Crippen molar-refractivity contribution in [2.45, 2.75) is 18.5 Å². The first-order valence-corrected chi connectivity index (χ1v) is 7.42. The van der Waals surface area contributed by atoms with E-state index in [1.165, 1.54) is 10.4 Å². The minimum Gasteiger partial charge on any atom is -0.345 e. The molecule has 2 aromatic heterocycles. The highest BCUT2D eigenvalue weighted by Crippen LogP contribution is 2.38. The average Bonchev–Trinajstić information content (AvgIpc) is 3.18. The van der Waals surface area contributed by atoms with Gasteiger partial charge in [0, 0.05) is 4.88 Å². The average molecular weight is 283 g/mol. The lowest BCUT2D eigenvalue weighted by atomic mass is 9.97. The summed E-state index contributed by atoms with van der Waals surface area (Å²) in [5.74, 6) is 0.739. The van der Waals surface area contributed by atoms with E-state index in [2.05, 4.69) is 62.6 Å². The molecule has 0 aliphatic carbocycles. The topological polar surface area (TPSA) is 55.6 Å². The fourth-order valence-electron chi connectivity index (χ4n) is 2.67. The number of hydrogen-bond donors (Lipinski definition) is 1. The van der Waals surface area contributed by atoms with Crippen LogP contribution in [0, 0.1) is 0 Å². The second-order valence-corrected chi connectivity index (χ2v) is 5.80. The van der Waals surface area contributed by atoms with Gasteiger partial charge in [0.1, 0.15) is 0 Å². The number of nitrogens with one attached hydrogen (secondary N) is 1. The van der Waals surface area contributed by atoms with Gasteiger partial charge in [-0.05, 0) is 33.9 Å². The minimum absolute atomic E-state index is 0.176. The van der Waals surface area contributed by atoms with Gasteiger partial charge < -0.3 is 5.32 Å². The molecule has 0 amide bonds. The fourth-order valence-corrected chi connectivity index (χ4v) is 3.46. The van der Waals surface area contributed by atoms with E-state index >= 15 is 0 Å². The van der Waals surface area contributed by atoms with E-state index in [0.717, 1.165) is 12.4 Å². The Bertz CT molecular complexity index is 691. The summed E-state index contributed by atoms with van der Waals surface area (Å²) in [7, 11) is 0. The van der Waals surface area contributed by atoms with Crippen LogP contribution in [-0.4, -0.2) is 20.2 Å². The number of fused-ring (bicyclic) bond motifs is 1. The maximum Gasteiger partial charge on any atom is 0.244 e. The molecule has 0 spiro atoms. The van der Waals surface area contributed by atoms with Gasteiger partial charge in [0.2, 0.25) is 5.95 Å². The van der Waals surface area contributed by atoms with E-state index in [1.807, 2.05) is 10.7 Å². The Morgan fingerprint density at radius 1 is 1.15 bits per heavy atom. The van der Waals surface area contributed by atoms with E-state index < -0.39 is 0 Å². The van der Waals surface area contributed by atoms with Crippen molar-refractivity contribution in [3.8, 4) is 0 Å². The van der Waals surface area contributed by atoms with Gasteiger partial charge in [0.15, 0.2) is 0 Å². The number of thiophene rings is 1. The van der Waals surface area contributed by atoms with Crippen molar-refractivity contribution in [1.29, 1.82) is 0 Å². The molecule has 20 heavy (non-hydrogen) atoms. The van der Waals surface area contributed by atoms with Crippen LogP contribution in [0.25, 0.3) is 0 Å². The molecule has 3 heterocycles. The third-order valence-corrected chi connectivity index (χ3v) is 4.61. The van der Waals surface area contributed by atoms with Crippen LogP contribution >= 0.6 is 11.3 Å². The first-order chi connectivity index (χ1) is 9.92. The zero-order valence-corrected chi connectivity index (χ0v) is 11.5. The summed E-state index contributed by atoms with van der Waals surface area (Å²) in [6, 6.07) is 15.1. The Morgan fingerprint density at radius 2 is 2.05 bits per heavy atom. The molecule has 100 valence electrons. The molecule has 2 atom stereocenters. The summed E-state index contributed by atoms with van der Waals surface area (Å²) in [5, 5.41) is 17.5. The number of tetrazole rings is 1. The van der Waals surface area contributed by atoms with Crippen LogP contribution < -0.4 is 5.32 Å². The molecular weight excluding hydrogens is 270 g/mol. The van der Waals surface area contributed by atoms with Crippen molar-refractivity contribution in [1.82, 2.24) is 20.2 Å². The maximum atomic E-state index is 4.13. The number of hydrogen-bond acceptors (Lipinski definition) is 5. The highest BCUT2D eigenvalue weighted by molar-refractivity contribution is 7.10. The van der Waals surface area contributed by atoms with Crippen molar-refractivity contribution >= 4 is 17.3 Å². The minimum atomic E-state index is 0.176. The molecule has 0 saturated carbocycles. The first kappa shape index (κ1) is 11.6. The van der Waals surface area contributed by atoms with Crippen molar-refractivity contribution < 1.29 is 0 Å². The molecule has 1 aliphatic rings. The highest BCUT2D eigenvalue weighted by atomic mass is 32.1. The summed E-state index contributed by atoms with van der Waals surface area (Å²) >= 11 is 1.76. The second-order valence-electron chi connectivity index (χ2n) is 4.82. The molecule has 0 radical (unpaired) electrons. The van der Waals surface area contributed by atoms with Gasteiger partial charge in [-0.2, -0.15) is 0 Å². The molecule has 1 N–H and O–H groups in total. The first-order valence-electron chi connectivity index (χ1n) is 6.54. The van der Waals surface area contributed by atoms with E-state index in [1.54, 1.807) is 11.3 Å². The highest BCUT2D eigenvalue weighted by Gasteiger charge is 2.30. The van der Waals surface area contributed by atoms with Gasteiger partial charge in [0.05, 0.1) is 12.1 Å². The van der Waals surface area contributed by atoms with Crippen LogP contribution in [-0.2, 0) is 0 Å². The molecule has 6 heteroatoms. The van der Waals surface area contributed by atoms with Gasteiger partial charge in [-0.1, -0.05) is 41.5 Å². The van der Waals surface area contributed by atoms with Crippen LogP contribution in [0.3, 0.4) is 0 Å². The third-order valence-electron chi connectivity index (χ3n) is 3.62. The second kappa shape index (κ2) is 4.72. The number of benzene rings is 1. The lowest BCUT2D eigenvalue weighted by Gasteiger charge is -2.30. The van der Waals surface area contributed by atoms with Crippen molar-refractivity contribution in [2.24, 2.45) is 0 Å². The lowest BCUT2D eigenvalue weighted by Crippen LogP contribution is -2.27. The number of rotatable bonds is 2. The molecule has 1 aliphatic heterocycles. The van der Waals surface area contributed by atoms with Crippen molar-refractivity contribution in [3.05, 3.63) is 58.3 Å². The largest absolute Gasteiger partial charge is 0.345 e. The van der Waals surface area contributed by atoms with Crippen molar-refractivity contribution in [3.63, 3.8) is 0 Å². The number of aromatic nitrogens is 4. The predicted octanol–water partition coefficient (Wildman–Crippen LogP) is 2.88. The molecular formula is C14H13N5S. The van der Waals surface area contributed by atoms with E-state index in [9.17, 15) is 0 Å². The molecule has 3 aromatic rings. The van der Waals surface area contributed by atoms with Crippen molar-refractivity contribution in [2.75, 3.05) is 5.32 Å². The SMILES string of the molecule is c1ccc([C@H]2C[C@H](c3cccs3)Nc3nnnn32)cc1. The lowest BCUT2D eigenvalue weighted by molar-refractivity contribution is 0.426. The molecule has 0 bridgehead atoms. The Hall–Kier alpha value is -2.21. The van der Waals surface area contributed by atoms with Gasteiger partial charge in [-0.15, -0.1) is 11.3 Å². The van der Waals surface area contributed by atoms with Gasteiger partial charge in [-0.3, -0.25) is 0 Å². The summed E-state index contributed by atoms with van der Waals surface area (Å²) < 4.78 is 1.87. The van der Waals surface area contributed by atoms with Crippen LogP contribution in [0.5, 0.6) is 0 Å². The molecule has 0 unspecified atom stereocenters. The van der Waals surface area contributed by atoms with Crippen LogP contribution in [0.2, 0.25) is 0 Å². The zero-order valence-electron chi connectivity index (χ0n) is 10.7. The third kappa shape index (κ3) is 1.89. The summed E-state index contributed by atoms with van der Waals surface area (Å²) in [4.78, 5) is 1.32. The summed E-state index contributed by atoms with van der Waals surface area (Å²) in [6.45, 7) is 0. The predicted molar refractivity (Wildman–Crippen MR) is 77.7 cm³/mol. The molecule has 0 saturated heterocycles. The fraction of sp³-hybridized carbons (Fsp3) is 0.214. The molecule has 1 aromatic carbocycles. The monoisotopic (exact) mass is 283 g/mol. The van der Waals surface area contributed by atoms with Gasteiger partial charge in [0.25, 0.3) is 0 Å².